The van der Waals surface area contributed by atoms with Crippen molar-refractivity contribution in [3.63, 3.8) is 0 Å². The molecular weight excluding hydrogens is 256 g/mol. The van der Waals surface area contributed by atoms with E-state index in [2.05, 4.69) is 11.6 Å². The van der Waals surface area contributed by atoms with Crippen molar-refractivity contribution in [1.82, 2.24) is 9.03 Å². The van der Waals surface area contributed by atoms with Gasteiger partial charge in [-0.2, -0.15) is 17.4 Å². The molecule has 0 aromatic carbocycles. The summed E-state index contributed by atoms with van der Waals surface area (Å²) in [7, 11) is -3.65. The molecule has 2 fully saturated rings. The van der Waals surface area contributed by atoms with E-state index in [1.54, 1.807) is 0 Å². The van der Waals surface area contributed by atoms with Gasteiger partial charge in [-0.3, -0.25) is 4.79 Å². The van der Waals surface area contributed by atoms with Crippen LogP contribution >= 0.6 is 0 Å². The van der Waals surface area contributed by atoms with Crippen molar-refractivity contribution in [2.45, 2.75) is 38.6 Å². The predicted octanol–water partition coefficient (Wildman–Crippen LogP) is 0.416. The molecule has 1 saturated heterocycles. The van der Waals surface area contributed by atoms with Crippen LogP contribution in [0.15, 0.2) is 0 Å². The highest BCUT2D eigenvalue weighted by atomic mass is 32.2. The molecule has 6 nitrogen and oxygen atoms in total. The third-order valence-corrected chi connectivity index (χ3v) is 5.31. The lowest BCUT2D eigenvalue weighted by Crippen LogP contribution is -2.51. The molecule has 104 valence electrons. The topological polar surface area (TPSA) is 86.7 Å². The van der Waals surface area contributed by atoms with Gasteiger partial charge < -0.3 is 5.11 Å². The fourth-order valence-electron chi connectivity index (χ4n) is 2.24. The summed E-state index contributed by atoms with van der Waals surface area (Å²) in [6.07, 6.45) is 3.25. The molecule has 0 radical (unpaired) electrons. The first-order chi connectivity index (χ1) is 8.40. The van der Waals surface area contributed by atoms with Crippen LogP contribution in [-0.2, 0) is 15.0 Å². The molecule has 18 heavy (non-hydrogen) atoms. The van der Waals surface area contributed by atoms with Crippen LogP contribution in [0.25, 0.3) is 0 Å². The summed E-state index contributed by atoms with van der Waals surface area (Å²) in [5.74, 6) is -0.581. The molecule has 1 aliphatic carbocycles. The van der Waals surface area contributed by atoms with Gasteiger partial charge in [0.25, 0.3) is 10.2 Å². The van der Waals surface area contributed by atoms with Crippen LogP contribution in [0.2, 0.25) is 0 Å². The van der Waals surface area contributed by atoms with Crippen molar-refractivity contribution in [3.8, 4) is 0 Å². The third kappa shape index (κ3) is 3.21. The van der Waals surface area contributed by atoms with E-state index in [-0.39, 0.29) is 5.92 Å². The zero-order valence-corrected chi connectivity index (χ0v) is 11.3. The van der Waals surface area contributed by atoms with Crippen molar-refractivity contribution < 1.29 is 18.3 Å². The Hall–Kier alpha value is -0.660. The summed E-state index contributed by atoms with van der Waals surface area (Å²) in [6.45, 7) is 3.06. The first kappa shape index (κ1) is 13.8. The molecule has 1 saturated carbocycles. The van der Waals surface area contributed by atoms with Gasteiger partial charge in [-0.05, 0) is 37.5 Å². The van der Waals surface area contributed by atoms with E-state index in [9.17, 15) is 13.2 Å². The minimum absolute atomic E-state index is 0.0408. The van der Waals surface area contributed by atoms with Gasteiger partial charge in [0.1, 0.15) is 6.04 Å². The lowest BCUT2D eigenvalue weighted by molar-refractivity contribution is -0.139. The SMILES string of the molecule is CC1CCN(S(=O)(=O)NC(C(=O)O)C2CC2)CC1. The van der Waals surface area contributed by atoms with Crippen molar-refractivity contribution in [2.75, 3.05) is 13.1 Å². The summed E-state index contributed by atoms with van der Waals surface area (Å²) in [6, 6.07) is -0.964. The van der Waals surface area contributed by atoms with E-state index < -0.39 is 22.2 Å². The second kappa shape index (κ2) is 5.14. The van der Waals surface area contributed by atoms with Crippen molar-refractivity contribution >= 4 is 16.2 Å². The van der Waals surface area contributed by atoms with E-state index in [1.165, 1.54) is 4.31 Å². The molecule has 0 bridgehead atoms. The number of nitrogens with one attached hydrogen (secondary N) is 1. The normalized spacial score (nSPS) is 24.9. The maximum absolute atomic E-state index is 12.1. The minimum atomic E-state index is -3.65. The highest BCUT2D eigenvalue weighted by molar-refractivity contribution is 7.87. The van der Waals surface area contributed by atoms with Crippen LogP contribution < -0.4 is 4.72 Å². The fourth-order valence-corrected chi connectivity index (χ4v) is 3.69. The van der Waals surface area contributed by atoms with Gasteiger partial charge in [-0.15, -0.1) is 0 Å². The summed E-state index contributed by atoms with van der Waals surface area (Å²) >= 11 is 0. The predicted molar refractivity (Wildman–Crippen MR) is 66.2 cm³/mol. The Morgan fingerprint density at radius 3 is 2.28 bits per heavy atom. The molecule has 2 N–H and O–H groups in total. The maximum atomic E-state index is 12.1. The standard InChI is InChI=1S/C11H20N2O4S/c1-8-4-6-13(7-5-8)18(16,17)12-10(11(14)15)9-2-3-9/h8-10,12H,2-7H2,1H3,(H,14,15). The number of carbonyl (C=O) groups is 1. The zero-order valence-electron chi connectivity index (χ0n) is 10.5. The molecule has 1 heterocycles. The van der Waals surface area contributed by atoms with Crippen LogP contribution in [0.1, 0.15) is 32.6 Å². The van der Waals surface area contributed by atoms with Gasteiger partial charge in [-0.25, -0.2) is 0 Å². The van der Waals surface area contributed by atoms with Crippen molar-refractivity contribution in [1.29, 1.82) is 0 Å². The Morgan fingerprint density at radius 2 is 1.83 bits per heavy atom. The smallest absolute Gasteiger partial charge is 0.322 e. The van der Waals surface area contributed by atoms with Gasteiger partial charge in [0.05, 0.1) is 0 Å². The van der Waals surface area contributed by atoms with Crippen LogP contribution in [0.5, 0.6) is 0 Å². The number of carboxylic acids is 1. The molecule has 2 rings (SSSR count). The second-order valence-corrected chi connectivity index (χ2v) is 7.06. The Morgan fingerprint density at radius 1 is 1.28 bits per heavy atom. The Labute approximate surface area is 108 Å². The molecule has 1 aliphatic heterocycles. The number of nitrogens with zero attached hydrogens (tertiary/aromatic N) is 1. The average molecular weight is 276 g/mol. The zero-order chi connectivity index (χ0) is 13.3. The maximum Gasteiger partial charge on any atom is 0.322 e. The number of hydrogen-bond acceptors (Lipinski definition) is 3. The second-order valence-electron chi connectivity index (χ2n) is 5.36. The quantitative estimate of drug-likeness (QED) is 0.761. The summed E-state index contributed by atoms with van der Waals surface area (Å²) in [5.41, 5.74) is 0. The van der Waals surface area contributed by atoms with Crippen molar-refractivity contribution in [2.24, 2.45) is 11.8 Å². The lowest BCUT2D eigenvalue weighted by atomic mass is 10.0. The molecule has 0 spiro atoms. The lowest BCUT2D eigenvalue weighted by Gasteiger charge is -2.30. The number of hydrogen-bond donors (Lipinski definition) is 2. The van der Waals surface area contributed by atoms with Crippen LogP contribution in [0, 0.1) is 11.8 Å². The Kier molecular flexibility index (Phi) is 3.93. The van der Waals surface area contributed by atoms with Crippen LogP contribution in [0.3, 0.4) is 0 Å². The molecule has 7 heteroatoms. The first-order valence-electron chi connectivity index (χ1n) is 6.40. The fraction of sp³-hybridized carbons (Fsp3) is 0.909. The molecule has 2 aliphatic rings. The number of aliphatic carboxylic acids is 1. The monoisotopic (exact) mass is 276 g/mol. The molecule has 1 unspecified atom stereocenters. The molecule has 0 amide bonds. The van der Waals surface area contributed by atoms with Gasteiger partial charge in [0.15, 0.2) is 0 Å². The number of piperidine rings is 1. The Balaban J connectivity index is 1.99. The van der Waals surface area contributed by atoms with E-state index in [0.717, 1.165) is 25.7 Å². The summed E-state index contributed by atoms with van der Waals surface area (Å²) < 4.78 is 27.9. The van der Waals surface area contributed by atoms with Gasteiger partial charge in [0, 0.05) is 13.1 Å². The Bertz CT molecular complexity index is 411. The molecule has 0 aromatic heterocycles. The number of rotatable bonds is 5. The van der Waals surface area contributed by atoms with Crippen molar-refractivity contribution in [3.05, 3.63) is 0 Å². The van der Waals surface area contributed by atoms with Crippen LogP contribution in [0.4, 0.5) is 0 Å². The average Bonchev–Trinajstić information content (AvgIpc) is 3.10. The highest BCUT2D eigenvalue weighted by Crippen LogP contribution is 2.33. The van der Waals surface area contributed by atoms with E-state index in [1.807, 2.05) is 0 Å². The van der Waals surface area contributed by atoms with Gasteiger partial charge >= 0.3 is 5.97 Å². The van der Waals surface area contributed by atoms with E-state index >= 15 is 0 Å². The third-order valence-electron chi connectivity index (χ3n) is 3.72. The largest absolute Gasteiger partial charge is 0.480 e. The molecule has 0 aromatic rings. The van der Waals surface area contributed by atoms with Crippen LogP contribution in [-0.4, -0.2) is 42.9 Å². The van der Waals surface area contributed by atoms with E-state index in [4.69, 9.17) is 5.11 Å². The number of carboxylic acid groups (broad SMARTS) is 1. The van der Waals surface area contributed by atoms with Gasteiger partial charge in [0.2, 0.25) is 0 Å². The molecule has 1 atom stereocenters. The first-order valence-corrected chi connectivity index (χ1v) is 7.84. The summed E-state index contributed by atoms with van der Waals surface area (Å²) in [4.78, 5) is 11.0. The summed E-state index contributed by atoms with van der Waals surface area (Å²) in [5, 5.41) is 9.04. The van der Waals surface area contributed by atoms with Gasteiger partial charge in [-0.1, -0.05) is 6.92 Å². The highest BCUT2D eigenvalue weighted by Gasteiger charge is 2.40. The molecular formula is C11H20N2O4S. The van der Waals surface area contributed by atoms with E-state index in [0.29, 0.717) is 19.0 Å². The minimum Gasteiger partial charge on any atom is -0.480 e.